The lowest BCUT2D eigenvalue weighted by Crippen LogP contribution is -2.27. The highest BCUT2D eigenvalue weighted by molar-refractivity contribution is 5.86. The molecule has 3 aromatic rings. The van der Waals surface area contributed by atoms with Crippen molar-refractivity contribution in [3.8, 4) is 22.6 Å². The number of imidazole rings is 1. The molecule has 6 nitrogen and oxygen atoms in total. The number of alkyl halides is 3. The number of nitrogens with zero attached hydrogens (tertiary/aromatic N) is 3. The molecule has 1 saturated heterocycles. The molecule has 2 aromatic heterocycles. The van der Waals surface area contributed by atoms with E-state index in [2.05, 4.69) is 25.3 Å². The van der Waals surface area contributed by atoms with Gasteiger partial charge in [-0.3, -0.25) is 0 Å². The van der Waals surface area contributed by atoms with Crippen LogP contribution >= 0.6 is 37.2 Å². The minimum Gasteiger partial charge on any atom is -0.368 e. The second kappa shape index (κ2) is 11.0. The third-order valence-electron chi connectivity index (χ3n) is 4.84. The third-order valence-corrected chi connectivity index (χ3v) is 4.84. The lowest BCUT2D eigenvalue weighted by Gasteiger charge is -2.20. The lowest BCUT2D eigenvalue weighted by molar-refractivity contribution is -0.137. The van der Waals surface area contributed by atoms with Crippen molar-refractivity contribution < 1.29 is 13.2 Å². The molecule has 170 valence electrons. The van der Waals surface area contributed by atoms with Gasteiger partial charge in [-0.25, -0.2) is 15.0 Å². The summed E-state index contributed by atoms with van der Waals surface area (Å²) in [6.45, 7) is 1.75. The second-order valence-corrected chi connectivity index (χ2v) is 6.75. The molecular formula is C19H22Cl3F3N6. The summed E-state index contributed by atoms with van der Waals surface area (Å²) in [7, 11) is 0. The Kier molecular flexibility index (Phi) is 9.56. The van der Waals surface area contributed by atoms with E-state index in [4.69, 9.17) is 5.73 Å². The molecular weight excluding hydrogens is 476 g/mol. The van der Waals surface area contributed by atoms with Crippen molar-refractivity contribution in [3.63, 3.8) is 0 Å². The van der Waals surface area contributed by atoms with Crippen LogP contribution in [-0.4, -0.2) is 33.0 Å². The molecule has 12 heteroatoms. The quantitative estimate of drug-likeness (QED) is 0.480. The number of aromatic amines is 1. The van der Waals surface area contributed by atoms with Crippen LogP contribution in [0.3, 0.4) is 0 Å². The van der Waals surface area contributed by atoms with Gasteiger partial charge in [0, 0.05) is 17.7 Å². The van der Waals surface area contributed by atoms with Crippen molar-refractivity contribution in [2.75, 3.05) is 18.8 Å². The Bertz CT molecular complexity index is 990. The average molecular weight is 498 g/mol. The molecule has 0 spiro atoms. The van der Waals surface area contributed by atoms with Crippen LogP contribution < -0.4 is 11.1 Å². The highest BCUT2D eigenvalue weighted by Gasteiger charge is 2.31. The van der Waals surface area contributed by atoms with E-state index in [0.29, 0.717) is 22.6 Å². The summed E-state index contributed by atoms with van der Waals surface area (Å²) in [6, 6.07) is 6.82. The van der Waals surface area contributed by atoms with Crippen LogP contribution in [0.25, 0.3) is 22.6 Å². The van der Waals surface area contributed by atoms with Crippen LogP contribution in [0.5, 0.6) is 0 Å². The minimum atomic E-state index is -4.43. The maximum absolute atomic E-state index is 13.2. The topological polar surface area (TPSA) is 92.5 Å². The number of nitrogens with one attached hydrogen (secondary N) is 2. The summed E-state index contributed by atoms with van der Waals surface area (Å²) in [6.07, 6.45) is -1.11. The summed E-state index contributed by atoms with van der Waals surface area (Å²) < 4.78 is 39.6. The molecule has 0 atom stereocenters. The normalized spacial score (nSPS) is 14.2. The van der Waals surface area contributed by atoms with E-state index in [1.165, 1.54) is 12.3 Å². The number of hydrogen-bond donors (Lipinski definition) is 3. The van der Waals surface area contributed by atoms with Crippen LogP contribution in [0.1, 0.15) is 30.1 Å². The number of nitrogens with two attached hydrogens (primary N) is 1. The Morgan fingerprint density at radius 2 is 1.71 bits per heavy atom. The summed E-state index contributed by atoms with van der Waals surface area (Å²) in [5, 5.41) is 3.30. The highest BCUT2D eigenvalue weighted by atomic mass is 35.5. The van der Waals surface area contributed by atoms with Gasteiger partial charge in [0.25, 0.3) is 0 Å². The monoisotopic (exact) mass is 496 g/mol. The van der Waals surface area contributed by atoms with Gasteiger partial charge in [0.15, 0.2) is 0 Å². The molecule has 1 fully saturated rings. The van der Waals surface area contributed by atoms with Gasteiger partial charge in [-0.2, -0.15) is 13.2 Å². The predicted molar refractivity (Wildman–Crippen MR) is 121 cm³/mol. The van der Waals surface area contributed by atoms with Crippen molar-refractivity contribution >= 4 is 43.2 Å². The van der Waals surface area contributed by atoms with Gasteiger partial charge in [0.1, 0.15) is 5.82 Å². The standard InChI is InChI=1S/C19H19F3N6.3ClH/c20-19(21,22)13-3-1-2-12(10-13)15-16(14-6-9-25-18(23)26-14)28-17(27-15)11-4-7-24-8-5-11;;;/h1-3,6,9-11,24H,4-5,7-8H2,(H,27,28)(H2,23,25,26);3*1H. The number of anilines is 1. The number of piperidine rings is 1. The predicted octanol–water partition coefficient (Wildman–Crippen LogP) is 4.87. The van der Waals surface area contributed by atoms with Gasteiger partial charge < -0.3 is 16.0 Å². The zero-order chi connectivity index (χ0) is 19.7. The van der Waals surface area contributed by atoms with Gasteiger partial charge in [-0.1, -0.05) is 12.1 Å². The largest absolute Gasteiger partial charge is 0.416 e. The molecule has 1 aliphatic rings. The van der Waals surface area contributed by atoms with Gasteiger partial charge >= 0.3 is 6.18 Å². The molecule has 1 aromatic carbocycles. The van der Waals surface area contributed by atoms with E-state index in [-0.39, 0.29) is 49.1 Å². The SMILES string of the molecule is Cl.Cl.Cl.Nc1nccc(-c2[nH]c(C3CCNCC3)nc2-c2cccc(C(F)(F)F)c2)n1. The summed E-state index contributed by atoms with van der Waals surface area (Å²) in [5.74, 6) is 1.05. The molecule has 0 saturated carbocycles. The smallest absolute Gasteiger partial charge is 0.368 e. The number of aromatic nitrogens is 4. The van der Waals surface area contributed by atoms with Gasteiger partial charge in [0.05, 0.1) is 22.6 Å². The molecule has 0 bridgehead atoms. The number of benzene rings is 1. The van der Waals surface area contributed by atoms with E-state index in [9.17, 15) is 13.2 Å². The van der Waals surface area contributed by atoms with Gasteiger partial charge in [-0.15, -0.1) is 37.2 Å². The fourth-order valence-corrected chi connectivity index (χ4v) is 3.43. The maximum Gasteiger partial charge on any atom is 0.416 e. The Hall–Kier alpha value is -2.07. The molecule has 0 unspecified atom stereocenters. The number of rotatable bonds is 3. The fourth-order valence-electron chi connectivity index (χ4n) is 3.43. The van der Waals surface area contributed by atoms with E-state index >= 15 is 0 Å². The van der Waals surface area contributed by atoms with Crippen molar-refractivity contribution in [1.82, 2.24) is 25.3 Å². The number of nitrogen functional groups attached to an aromatic ring is 1. The molecule has 0 aliphatic carbocycles. The Morgan fingerprint density at radius 1 is 1.00 bits per heavy atom. The Balaban J connectivity index is 0.00000160. The lowest BCUT2D eigenvalue weighted by atomic mass is 9.98. The molecule has 1 aliphatic heterocycles. The van der Waals surface area contributed by atoms with Crippen LogP contribution in [0, 0.1) is 0 Å². The van der Waals surface area contributed by atoms with Crippen molar-refractivity contribution in [2.24, 2.45) is 0 Å². The zero-order valence-electron chi connectivity index (χ0n) is 16.1. The Morgan fingerprint density at radius 3 is 2.35 bits per heavy atom. The van der Waals surface area contributed by atoms with E-state index < -0.39 is 11.7 Å². The minimum absolute atomic E-state index is 0. The van der Waals surface area contributed by atoms with Crippen molar-refractivity contribution in [2.45, 2.75) is 24.9 Å². The molecule has 0 radical (unpaired) electrons. The third kappa shape index (κ3) is 6.00. The van der Waals surface area contributed by atoms with Crippen LogP contribution in [0.4, 0.5) is 19.1 Å². The Labute approximate surface area is 195 Å². The first-order valence-corrected chi connectivity index (χ1v) is 8.99. The zero-order valence-corrected chi connectivity index (χ0v) is 18.6. The molecule has 4 rings (SSSR count). The number of hydrogen-bond acceptors (Lipinski definition) is 5. The molecule has 0 amide bonds. The first kappa shape index (κ1) is 27.0. The van der Waals surface area contributed by atoms with Crippen molar-refractivity contribution in [1.29, 1.82) is 0 Å². The van der Waals surface area contributed by atoms with Crippen molar-refractivity contribution in [3.05, 3.63) is 47.9 Å². The van der Waals surface area contributed by atoms with E-state index in [0.717, 1.165) is 43.9 Å². The van der Waals surface area contributed by atoms with Crippen LogP contribution in [-0.2, 0) is 6.18 Å². The van der Waals surface area contributed by atoms with E-state index in [1.54, 1.807) is 12.1 Å². The van der Waals surface area contributed by atoms with E-state index in [1.807, 2.05) is 0 Å². The first-order chi connectivity index (χ1) is 13.4. The number of H-pyrrole nitrogens is 1. The first-order valence-electron chi connectivity index (χ1n) is 8.99. The molecule has 31 heavy (non-hydrogen) atoms. The van der Waals surface area contributed by atoms with Crippen LogP contribution in [0.15, 0.2) is 36.5 Å². The number of halogens is 6. The second-order valence-electron chi connectivity index (χ2n) is 6.75. The van der Waals surface area contributed by atoms with Gasteiger partial charge in [-0.05, 0) is 44.1 Å². The van der Waals surface area contributed by atoms with Crippen LogP contribution in [0.2, 0.25) is 0 Å². The molecule has 4 N–H and O–H groups in total. The average Bonchev–Trinajstić information content (AvgIpc) is 3.14. The maximum atomic E-state index is 13.2. The summed E-state index contributed by atoms with van der Waals surface area (Å²) in [4.78, 5) is 16.1. The highest BCUT2D eigenvalue weighted by Crippen LogP contribution is 2.36. The molecule has 3 heterocycles. The van der Waals surface area contributed by atoms with Gasteiger partial charge in [0.2, 0.25) is 5.95 Å². The fraction of sp³-hybridized carbons (Fsp3) is 0.316. The summed E-state index contributed by atoms with van der Waals surface area (Å²) in [5.41, 5.74) is 6.82. The summed E-state index contributed by atoms with van der Waals surface area (Å²) >= 11 is 0.